The summed E-state index contributed by atoms with van der Waals surface area (Å²) in [6.45, 7) is 28.5. The third-order valence-corrected chi connectivity index (χ3v) is 23.3. The molecular weight excluding hydrogens is 1830 g/mol. The van der Waals surface area contributed by atoms with E-state index in [1.54, 1.807) is 42.4 Å². The van der Waals surface area contributed by atoms with Crippen LogP contribution in [0.25, 0.3) is 0 Å². The highest BCUT2D eigenvalue weighted by atomic mass is 32.2. The first kappa shape index (κ1) is 117. The summed E-state index contributed by atoms with van der Waals surface area (Å²) >= 11 is 0. The zero-order chi connectivity index (χ0) is 102. The molecule has 0 radical (unpaired) electrons. The quantitative estimate of drug-likeness (QED) is 0.0125. The van der Waals surface area contributed by atoms with E-state index in [1.165, 1.54) is 40.3 Å². The van der Waals surface area contributed by atoms with E-state index in [-0.39, 0.29) is 131 Å². The minimum Gasteiger partial charge on any atom is -0.390 e. The lowest BCUT2D eigenvalue weighted by atomic mass is 9.99. The van der Waals surface area contributed by atoms with E-state index in [4.69, 9.17) is 15.4 Å². The van der Waals surface area contributed by atoms with Gasteiger partial charge in [-0.1, -0.05) is 103 Å². The van der Waals surface area contributed by atoms with Crippen LogP contribution in [0.4, 0.5) is 26.3 Å². The maximum Gasteiger partial charge on any atom is 0.253 e. The minimum absolute atomic E-state index is 0.0648. The van der Waals surface area contributed by atoms with Gasteiger partial charge in [-0.15, -0.1) is 0 Å². The van der Waals surface area contributed by atoms with Gasteiger partial charge < -0.3 is 46.0 Å². The van der Waals surface area contributed by atoms with Crippen LogP contribution < -0.4 is 47.6 Å². The third-order valence-electron chi connectivity index (χ3n) is 20.6. The number of nitrogens with two attached hydrogens (primary N) is 3. The number of hydrogen-bond acceptors (Lipinski definition) is 21. The normalized spacial score (nSPS) is 13.0. The third kappa shape index (κ3) is 40.4. The summed E-state index contributed by atoms with van der Waals surface area (Å²) in [5, 5.41) is 62.1. The van der Waals surface area contributed by atoms with E-state index in [1.807, 2.05) is 69.2 Å². The maximum atomic E-state index is 14.1. The van der Waals surface area contributed by atoms with Crippen molar-refractivity contribution in [2.45, 2.75) is 232 Å². The largest absolute Gasteiger partial charge is 0.390 e. The fourth-order valence-corrected chi connectivity index (χ4v) is 15.8. The van der Waals surface area contributed by atoms with Crippen molar-refractivity contribution in [2.75, 3.05) is 79.0 Å². The topological polar surface area (TPSA) is 486 Å². The van der Waals surface area contributed by atoms with Gasteiger partial charge in [-0.2, -0.15) is 0 Å². The number of halogens is 6. The molecule has 0 fully saturated rings. The lowest BCUT2D eigenvalue weighted by molar-refractivity contribution is -0.130. The number of unbranched alkanes of at least 4 members (excludes halogenated alkanes) is 1. The molecule has 0 saturated heterocycles. The molecule has 0 aromatic heterocycles. The predicted octanol–water partition coefficient (Wildman–Crippen LogP) is 8.93. The van der Waals surface area contributed by atoms with Crippen LogP contribution >= 0.6 is 0 Å². The Bertz CT molecular complexity index is 5260. The molecule has 0 aliphatic carbocycles. The Labute approximate surface area is 788 Å². The summed E-state index contributed by atoms with van der Waals surface area (Å²) in [4.78, 5) is 121. The van der Waals surface area contributed by atoms with Gasteiger partial charge in [-0.3, -0.25) is 59.4 Å². The number of amides is 9. The van der Waals surface area contributed by atoms with E-state index in [0.29, 0.717) is 122 Å². The summed E-state index contributed by atoms with van der Waals surface area (Å²) in [5.41, 5.74) is 7.63. The fourth-order valence-electron chi connectivity index (χ4n) is 14.1. The Morgan fingerprint density at radius 2 is 0.593 bits per heavy atom. The zero-order valence-electron chi connectivity index (χ0n) is 79.4. The van der Waals surface area contributed by atoms with E-state index in [0.717, 1.165) is 79.2 Å². The van der Waals surface area contributed by atoms with Crippen LogP contribution in [0.3, 0.4) is 0 Å². The second-order valence-electron chi connectivity index (χ2n) is 34.2. The second-order valence-corrected chi connectivity index (χ2v) is 38.8. The maximum absolute atomic E-state index is 14.1. The lowest BCUT2D eigenvalue weighted by Crippen LogP contribution is -2.54. The summed E-state index contributed by atoms with van der Waals surface area (Å²) in [6, 6.07) is 15.0. The van der Waals surface area contributed by atoms with E-state index < -0.39 is 152 Å². The first-order chi connectivity index (χ1) is 63.2. The molecule has 33 nitrogen and oxygen atoms in total. The first-order valence-electron chi connectivity index (χ1n) is 45.1. The van der Waals surface area contributed by atoms with Crippen molar-refractivity contribution in [1.29, 1.82) is 0 Å². The summed E-state index contributed by atoms with van der Waals surface area (Å²) in [5.74, 6) is -10.6. The average Bonchev–Trinajstić information content (AvgIpc) is 0.806. The van der Waals surface area contributed by atoms with Gasteiger partial charge in [0.05, 0.1) is 51.1 Å². The monoisotopic (exact) mass is 1960 g/mol. The molecule has 6 aromatic rings. The number of aliphatic hydroxyl groups is 3. The van der Waals surface area contributed by atoms with Crippen LogP contribution in [0, 0.1) is 52.7 Å². The van der Waals surface area contributed by atoms with Gasteiger partial charge in [0.15, 0.2) is 0 Å². The van der Waals surface area contributed by atoms with Crippen molar-refractivity contribution in [1.82, 2.24) is 62.0 Å². The Hall–Kier alpha value is -10.4. The number of carbonyl (C=O) groups is 9. The number of benzene rings is 6. The highest BCUT2D eigenvalue weighted by Crippen LogP contribution is 2.25. The van der Waals surface area contributed by atoms with Crippen molar-refractivity contribution in [2.24, 2.45) is 33.2 Å². The Balaban J connectivity index is 0.000000423. The number of primary sulfonamides is 3. The molecule has 15 N–H and O–H groups in total. The van der Waals surface area contributed by atoms with E-state index >= 15 is 0 Å². The molecular formula is C93H135F6N15O18S3. The Morgan fingerprint density at radius 1 is 0.341 bits per heavy atom. The number of rotatable bonds is 51. The van der Waals surface area contributed by atoms with Crippen LogP contribution in [-0.4, -0.2) is 239 Å². The van der Waals surface area contributed by atoms with Crippen LogP contribution in [0.5, 0.6) is 0 Å². The van der Waals surface area contributed by atoms with Gasteiger partial charge in [0, 0.05) is 149 Å². The highest BCUT2D eigenvalue weighted by Gasteiger charge is 2.34. The lowest BCUT2D eigenvalue weighted by Gasteiger charge is -2.31. The van der Waals surface area contributed by atoms with Crippen molar-refractivity contribution in [3.8, 4) is 0 Å². The fraction of sp³-hybridized carbons (Fsp3) is 0.516. The smallest absolute Gasteiger partial charge is 0.253 e. The number of hydrogen-bond donors (Lipinski definition) is 12. The molecule has 0 aliphatic heterocycles. The molecule has 6 aromatic carbocycles. The van der Waals surface area contributed by atoms with E-state index in [9.17, 15) is 110 Å². The Kier molecular flexibility index (Phi) is 48.8. The molecule has 6 unspecified atom stereocenters. The van der Waals surface area contributed by atoms with Crippen molar-refractivity contribution < 1.29 is 110 Å². The summed E-state index contributed by atoms with van der Waals surface area (Å²) in [7, 11) is -11.5. The Morgan fingerprint density at radius 3 is 0.830 bits per heavy atom. The average molecular weight is 1960 g/mol. The van der Waals surface area contributed by atoms with Crippen LogP contribution in [0.15, 0.2) is 124 Å². The molecule has 9 amide bonds. The van der Waals surface area contributed by atoms with Gasteiger partial charge >= 0.3 is 0 Å². The number of nitrogens with zero attached hydrogens (tertiary/aromatic N) is 6. The molecule has 0 heterocycles. The molecule has 6 atom stereocenters. The van der Waals surface area contributed by atoms with Crippen molar-refractivity contribution in [3.05, 3.63) is 194 Å². The highest BCUT2D eigenvalue weighted by molar-refractivity contribution is 7.89. The summed E-state index contributed by atoms with van der Waals surface area (Å²) < 4.78 is 158. The van der Waals surface area contributed by atoms with Gasteiger partial charge in [0.2, 0.25) is 47.8 Å². The van der Waals surface area contributed by atoms with E-state index in [2.05, 4.69) is 32.2 Å². The second kappa shape index (κ2) is 56.3. The van der Waals surface area contributed by atoms with Gasteiger partial charge in [-0.25, -0.2) is 82.0 Å². The molecule has 0 saturated carbocycles. The number of nitrogens with one attached hydrogen (secondary N) is 6. The van der Waals surface area contributed by atoms with Crippen LogP contribution in [0.1, 0.15) is 240 Å². The van der Waals surface area contributed by atoms with Crippen LogP contribution in [-0.2, 0) is 63.7 Å². The SMILES string of the molecule is CCCCN(CC(O)C(Cc1cc(F)cc(F)c1)NC(=O)c1cc(C(=O)N(CCC)CCC)cc(S(N)(=O)=O)c1)NC(=O)C(C)C.CCCN(CC(O)C(Cc1cc(F)cc(F)c1)NC(=O)c1cc(C(=O)N(CCC)CCC)cc(S(N)(=O)=O)c1)NC(=O)C(C)C.CCCN(CCC)C(=O)c1cc(C(=O)NC(Cc2cc(F)cc(F)c2)C(O)CN(C)NC(=O)CC(C)C)cc(S(N)(=O)=O)c1. The number of sulfonamides is 3. The zero-order valence-corrected chi connectivity index (χ0v) is 81.9. The van der Waals surface area contributed by atoms with Gasteiger partial charge in [-0.05, 0) is 184 Å². The first-order valence-corrected chi connectivity index (χ1v) is 49.7. The summed E-state index contributed by atoms with van der Waals surface area (Å²) in [6.07, 6.45) is 1.47. The molecule has 42 heteroatoms. The number of carbonyl (C=O) groups excluding carboxylic acids is 9. The van der Waals surface area contributed by atoms with Gasteiger partial charge in [0.25, 0.3) is 35.4 Å². The standard InChI is InChI=1S/C32H47F2N5O6S.C31H45F2N5O6S.C30H43F2N5O6S/c1-6-9-12-39(37-30(41)21(4)5)20-29(40)28(15-22-13-25(33)19-26(34)14-22)36-31(42)23-16-24(18-27(17-23)46(35,44)45)32(43)38(10-7-2)11-8-3;1-6-9-37(10-7-2)31(42)23-15-22(16-26(17-23)45(34,43)44)30(41)35-27(14-21-12-24(32)18-25(33)13-21)28(39)19-38(11-8-3)36-29(40)20(4)5;1-6-8-37(9-7-2)30(41)22-14-21(15-25(16-22)44(33,42)43)29(40)34-26(13-20-11-23(31)17-24(32)12-20)27(38)18-36(5)35-28(39)10-19(3)4/h13-14,16-19,21,28-29,40H,6-12,15,20H2,1-5H3,(H,36,42)(H,37,41)(H2,35,44,45);12-13,15-18,20,27-28,39H,6-11,14,19H2,1-5H3,(H,35,41)(H,36,40)(H2,34,43,44);11-12,14-17,19,26-27,38H,6-10,13,18H2,1-5H3,(H,34,40)(H,35,39)(H2,33,42,43). The molecule has 6 rings (SSSR count). The van der Waals surface area contributed by atoms with Gasteiger partial charge in [0.1, 0.15) is 34.9 Å². The number of likely N-dealkylation sites (N-methyl/N-ethyl adjacent to an activating group) is 1. The number of aliphatic hydroxyl groups excluding tert-OH is 3. The number of hydrazine groups is 3. The minimum atomic E-state index is -4.34. The molecule has 0 bridgehead atoms. The predicted molar refractivity (Wildman–Crippen MR) is 499 cm³/mol. The molecule has 0 spiro atoms. The molecule has 0 aliphatic rings. The van der Waals surface area contributed by atoms with Crippen LogP contribution in [0.2, 0.25) is 0 Å². The van der Waals surface area contributed by atoms with Crippen molar-refractivity contribution in [3.63, 3.8) is 0 Å². The van der Waals surface area contributed by atoms with Crippen molar-refractivity contribution >= 4 is 83.2 Å². The molecule has 750 valence electrons. The molecule has 135 heavy (non-hydrogen) atoms.